The van der Waals surface area contributed by atoms with Crippen LogP contribution in [-0.4, -0.2) is 53.1 Å². The third-order valence-corrected chi connectivity index (χ3v) is 5.16. The first-order valence-corrected chi connectivity index (χ1v) is 7.70. The average Bonchev–Trinajstić information content (AvgIpc) is 3.09. The minimum atomic E-state index is 0.0431. The van der Waals surface area contributed by atoms with Gasteiger partial charge in [0.05, 0.1) is 0 Å². The van der Waals surface area contributed by atoms with Crippen molar-refractivity contribution in [1.82, 2.24) is 15.0 Å². The Hall–Kier alpha value is -1.36. The van der Waals surface area contributed by atoms with Crippen LogP contribution in [0.3, 0.4) is 0 Å². The zero-order valence-corrected chi connectivity index (χ0v) is 11.9. The number of fused-ring (bicyclic) bond motifs is 2. The number of likely N-dealkylation sites (N-methyl/N-ethyl adjacent to an activating group) is 1. The predicted octanol–water partition coefficient (Wildman–Crippen LogP) is 1.86. The fourth-order valence-electron chi connectivity index (χ4n) is 3.61. The van der Waals surface area contributed by atoms with Gasteiger partial charge in [0, 0.05) is 37.2 Å². The van der Waals surface area contributed by atoms with E-state index >= 15 is 0 Å². The fraction of sp³-hybridized carbons (Fsp3) is 0.733. The van der Waals surface area contributed by atoms with E-state index in [9.17, 15) is 4.79 Å². The molecular formula is C15H21N3O2. The molecule has 0 unspecified atom stereocenters. The lowest BCUT2D eigenvalue weighted by molar-refractivity contribution is 0.0729. The van der Waals surface area contributed by atoms with Crippen molar-refractivity contribution in [2.45, 2.75) is 50.1 Å². The highest BCUT2D eigenvalue weighted by atomic mass is 16.5. The summed E-state index contributed by atoms with van der Waals surface area (Å²) < 4.78 is 5.31. The summed E-state index contributed by atoms with van der Waals surface area (Å²) in [5.41, 5.74) is 0.493. The molecule has 1 aromatic rings. The van der Waals surface area contributed by atoms with Crippen LogP contribution in [0.5, 0.6) is 0 Å². The summed E-state index contributed by atoms with van der Waals surface area (Å²) in [5.74, 6) is 1.44. The number of hydrogen-bond acceptors (Lipinski definition) is 4. The summed E-state index contributed by atoms with van der Waals surface area (Å²) in [6.45, 7) is 1.67. The quantitative estimate of drug-likeness (QED) is 0.826. The topological polar surface area (TPSA) is 49.6 Å². The maximum absolute atomic E-state index is 12.6. The molecule has 5 heteroatoms. The van der Waals surface area contributed by atoms with E-state index in [1.54, 1.807) is 0 Å². The molecule has 0 aromatic carbocycles. The summed E-state index contributed by atoms with van der Waals surface area (Å²) in [7, 11) is 2.19. The van der Waals surface area contributed by atoms with E-state index in [-0.39, 0.29) is 5.91 Å². The third kappa shape index (κ3) is 2.04. The highest BCUT2D eigenvalue weighted by molar-refractivity contribution is 5.92. The van der Waals surface area contributed by atoms with Crippen LogP contribution in [0, 0.1) is 0 Å². The molecule has 1 aromatic heterocycles. The van der Waals surface area contributed by atoms with Crippen molar-refractivity contribution in [2.24, 2.45) is 0 Å². The summed E-state index contributed by atoms with van der Waals surface area (Å²) in [6.07, 6.45) is 5.89. The lowest BCUT2D eigenvalue weighted by Gasteiger charge is -2.25. The van der Waals surface area contributed by atoms with Crippen molar-refractivity contribution in [3.8, 4) is 0 Å². The standard InChI is InChI=1S/C15H21N3O2/c1-17-11-4-5-12(17)9-18(7-6-11)15(19)13-8-14(20-16-13)10-2-3-10/h8,10-12H,2-7,9H2,1H3/t11-,12-/m0/s1. The summed E-state index contributed by atoms with van der Waals surface area (Å²) in [4.78, 5) is 17.0. The van der Waals surface area contributed by atoms with Crippen LogP contribution in [0.15, 0.2) is 10.6 Å². The smallest absolute Gasteiger partial charge is 0.276 e. The van der Waals surface area contributed by atoms with E-state index in [0.29, 0.717) is 23.7 Å². The molecule has 108 valence electrons. The number of carbonyl (C=O) groups excluding carboxylic acids is 1. The highest BCUT2D eigenvalue weighted by Crippen LogP contribution is 2.40. The number of amides is 1. The van der Waals surface area contributed by atoms with Gasteiger partial charge in [0.15, 0.2) is 5.69 Å². The minimum absolute atomic E-state index is 0.0431. The van der Waals surface area contributed by atoms with Gasteiger partial charge in [-0.25, -0.2) is 0 Å². The number of rotatable bonds is 2. The summed E-state index contributed by atoms with van der Waals surface area (Å²) >= 11 is 0. The molecule has 0 N–H and O–H groups in total. The molecule has 2 saturated heterocycles. The molecule has 20 heavy (non-hydrogen) atoms. The van der Waals surface area contributed by atoms with Crippen molar-refractivity contribution in [3.63, 3.8) is 0 Å². The molecule has 2 atom stereocenters. The van der Waals surface area contributed by atoms with Crippen molar-refractivity contribution in [1.29, 1.82) is 0 Å². The molecule has 2 bridgehead atoms. The fourth-order valence-corrected chi connectivity index (χ4v) is 3.61. The Balaban J connectivity index is 1.49. The molecule has 1 saturated carbocycles. The molecule has 4 rings (SSSR count). The molecule has 2 aliphatic heterocycles. The zero-order chi connectivity index (χ0) is 13.7. The maximum Gasteiger partial charge on any atom is 0.276 e. The van der Waals surface area contributed by atoms with Crippen LogP contribution in [0.25, 0.3) is 0 Å². The van der Waals surface area contributed by atoms with Gasteiger partial charge in [0.25, 0.3) is 5.91 Å². The van der Waals surface area contributed by atoms with Crippen LogP contribution < -0.4 is 0 Å². The first kappa shape index (κ1) is 12.4. The second-order valence-electron chi connectivity index (χ2n) is 6.48. The first-order chi connectivity index (χ1) is 9.72. The Bertz CT molecular complexity index is 523. The predicted molar refractivity (Wildman–Crippen MR) is 73.6 cm³/mol. The summed E-state index contributed by atoms with van der Waals surface area (Å²) in [5, 5.41) is 3.98. The van der Waals surface area contributed by atoms with Gasteiger partial charge < -0.3 is 9.42 Å². The van der Waals surface area contributed by atoms with Crippen LogP contribution in [0.4, 0.5) is 0 Å². The Labute approximate surface area is 118 Å². The lowest BCUT2D eigenvalue weighted by Crippen LogP contribution is -2.39. The van der Waals surface area contributed by atoms with E-state index in [1.165, 1.54) is 25.7 Å². The van der Waals surface area contributed by atoms with E-state index in [4.69, 9.17) is 4.52 Å². The van der Waals surface area contributed by atoms with Crippen molar-refractivity contribution in [2.75, 3.05) is 20.1 Å². The van der Waals surface area contributed by atoms with Gasteiger partial charge in [-0.05, 0) is 39.2 Å². The van der Waals surface area contributed by atoms with Gasteiger partial charge in [-0.15, -0.1) is 0 Å². The normalized spacial score (nSPS) is 30.6. The molecular weight excluding hydrogens is 254 g/mol. The van der Waals surface area contributed by atoms with Crippen LogP contribution in [0.2, 0.25) is 0 Å². The zero-order valence-electron chi connectivity index (χ0n) is 11.9. The molecule has 0 radical (unpaired) electrons. The van der Waals surface area contributed by atoms with E-state index in [0.717, 1.165) is 25.3 Å². The lowest BCUT2D eigenvalue weighted by atomic mass is 10.1. The van der Waals surface area contributed by atoms with Gasteiger partial charge >= 0.3 is 0 Å². The number of likely N-dealkylation sites (tertiary alicyclic amines) is 1. The largest absolute Gasteiger partial charge is 0.360 e. The SMILES string of the molecule is CN1[C@H]2CC[C@H]1CN(C(=O)c1cc(C3CC3)on1)CC2. The second-order valence-corrected chi connectivity index (χ2v) is 6.48. The van der Waals surface area contributed by atoms with E-state index < -0.39 is 0 Å². The molecule has 3 heterocycles. The van der Waals surface area contributed by atoms with Gasteiger partial charge in [-0.2, -0.15) is 0 Å². The van der Waals surface area contributed by atoms with Crippen LogP contribution >= 0.6 is 0 Å². The Morgan fingerprint density at radius 1 is 1.25 bits per heavy atom. The summed E-state index contributed by atoms with van der Waals surface area (Å²) in [6, 6.07) is 3.02. The van der Waals surface area contributed by atoms with Crippen molar-refractivity contribution in [3.05, 3.63) is 17.5 Å². The van der Waals surface area contributed by atoms with Gasteiger partial charge in [-0.3, -0.25) is 9.69 Å². The molecule has 3 fully saturated rings. The molecule has 1 aliphatic carbocycles. The van der Waals surface area contributed by atoms with Gasteiger partial charge in [0.2, 0.25) is 0 Å². The van der Waals surface area contributed by atoms with E-state index in [1.807, 2.05) is 11.0 Å². The minimum Gasteiger partial charge on any atom is -0.360 e. The number of hydrogen-bond donors (Lipinski definition) is 0. The Kier molecular flexibility index (Phi) is 2.84. The average molecular weight is 275 g/mol. The number of aromatic nitrogens is 1. The van der Waals surface area contributed by atoms with Crippen LogP contribution in [0.1, 0.15) is 54.3 Å². The molecule has 0 spiro atoms. The van der Waals surface area contributed by atoms with Crippen molar-refractivity contribution >= 4 is 5.91 Å². The number of nitrogens with zero attached hydrogens (tertiary/aromatic N) is 3. The highest BCUT2D eigenvalue weighted by Gasteiger charge is 2.37. The monoisotopic (exact) mass is 275 g/mol. The molecule has 3 aliphatic rings. The van der Waals surface area contributed by atoms with Gasteiger partial charge in [0.1, 0.15) is 5.76 Å². The van der Waals surface area contributed by atoms with Crippen LogP contribution in [-0.2, 0) is 0 Å². The van der Waals surface area contributed by atoms with Crippen molar-refractivity contribution < 1.29 is 9.32 Å². The molecule has 1 amide bonds. The Morgan fingerprint density at radius 3 is 2.85 bits per heavy atom. The maximum atomic E-state index is 12.6. The first-order valence-electron chi connectivity index (χ1n) is 7.70. The molecule has 5 nitrogen and oxygen atoms in total. The third-order valence-electron chi connectivity index (χ3n) is 5.16. The number of carbonyl (C=O) groups is 1. The Morgan fingerprint density at radius 2 is 2.05 bits per heavy atom. The van der Waals surface area contributed by atoms with E-state index in [2.05, 4.69) is 17.1 Å². The second kappa shape index (κ2) is 4.58. The van der Waals surface area contributed by atoms with Gasteiger partial charge in [-0.1, -0.05) is 5.16 Å².